The molecule has 4 aromatic rings. The average molecular weight is 436 g/mol. The van der Waals surface area contributed by atoms with Crippen LogP contribution in [0.4, 0.5) is 10.8 Å². The average Bonchev–Trinajstić information content (AvgIpc) is 3.21. The van der Waals surface area contributed by atoms with E-state index in [0.717, 1.165) is 16.2 Å². The number of hydrogen-bond acceptors (Lipinski definition) is 6. The maximum absolute atomic E-state index is 12.4. The molecule has 2 aromatic carbocycles. The molecule has 0 aliphatic carbocycles. The lowest BCUT2D eigenvalue weighted by Crippen LogP contribution is -2.23. The third-order valence-electron chi connectivity index (χ3n) is 4.64. The summed E-state index contributed by atoms with van der Waals surface area (Å²) in [5, 5.41) is 4.76. The quantitative estimate of drug-likeness (QED) is 0.349. The second-order valence-corrected chi connectivity index (χ2v) is 8.56. The number of nitrogens with zero attached hydrogens (tertiary/aromatic N) is 3. The molecule has 2 aromatic heterocycles. The van der Waals surface area contributed by atoms with Gasteiger partial charge >= 0.3 is 0 Å². The van der Waals surface area contributed by atoms with Gasteiger partial charge in [0.1, 0.15) is 5.75 Å². The fourth-order valence-corrected chi connectivity index (χ4v) is 5.08. The molecule has 5 nitrogen and oxygen atoms in total. The Balaban J connectivity index is 1.55. The van der Waals surface area contributed by atoms with Crippen LogP contribution in [0.5, 0.6) is 5.75 Å². The van der Waals surface area contributed by atoms with Crippen LogP contribution in [0.1, 0.15) is 18.2 Å². The molecule has 2 heterocycles. The Kier molecular flexibility index (Phi) is 6.01. The predicted molar refractivity (Wildman–Crippen MR) is 124 cm³/mol. The summed E-state index contributed by atoms with van der Waals surface area (Å²) in [5.41, 5.74) is 3.81. The Labute approximate surface area is 183 Å². The van der Waals surface area contributed by atoms with Gasteiger partial charge in [0, 0.05) is 23.4 Å². The molecule has 0 saturated carbocycles. The molecular weight excluding hydrogens is 414 g/mol. The third kappa shape index (κ3) is 4.17. The first kappa shape index (κ1) is 20.4. The van der Waals surface area contributed by atoms with E-state index in [0.29, 0.717) is 22.3 Å². The zero-order valence-electron chi connectivity index (χ0n) is 17.0. The minimum Gasteiger partial charge on any atom is -0.495 e. The van der Waals surface area contributed by atoms with Crippen molar-refractivity contribution in [2.45, 2.75) is 24.6 Å². The maximum atomic E-state index is 12.4. The Hall–Kier alpha value is -2.90. The summed E-state index contributed by atoms with van der Waals surface area (Å²) in [5.74, 6) is 1.20. The van der Waals surface area contributed by atoms with Crippen molar-refractivity contribution in [1.29, 1.82) is 0 Å². The van der Waals surface area contributed by atoms with Crippen molar-refractivity contribution in [3.63, 3.8) is 0 Å². The molecule has 0 fully saturated rings. The van der Waals surface area contributed by atoms with Gasteiger partial charge in [-0.3, -0.25) is 9.69 Å². The van der Waals surface area contributed by atoms with Crippen LogP contribution in [0.2, 0.25) is 0 Å². The summed E-state index contributed by atoms with van der Waals surface area (Å²) in [7, 11) is 1.60. The molecule has 0 unspecified atom stereocenters. The number of hydrogen-bond donors (Lipinski definition) is 0. The molecule has 0 N–H and O–H groups in total. The lowest BCUT2D eigenvalue weighted by Gasteiger charge is -2.20. The summed E-state index contributed by atoms with van der Waals surface area (Å²) in [6.07, 6.45) is 0. The van der Waals surface area contributed by atoms with Crippen molar-refractivity contribution >= 4 is 50.7 Å². The number of benzene rings is 2. The summed E-state index contributed by atoms with van der Waals surface area (Å²) < 4.78 is 5.43. The van der Waals surface area contributed by atoms with Crippen molar-refractivity contribution < 1.29 is 9.53 Å². The van der Waals surface area contributed by atoms with E-state index in [-0.39, 0.29) is 5.91 Å². The van der Waals surface area contributed by atoms with E-state index in [2.05, 4.69) is 19.1 Å². The topological polar surface area (TPSA) is 55.3 Å². The Morgan fingerprint density at radius 2 is 1.90 bits per heavy atom. The number of thioether (sulfide) groups is 1. The number of fused-ring (bicyclic) bond motifs is 1. The predicted octanol–water partition coefficient (Wildman–Crippen LogP) is 5.99. The first-order chi connectivity index (χ1) is 14.6. The summed E-state index contributed by atoms with van der Waals surface area (Å²) in [6, 6.07) is 17.7. The van der Waals surface area contributed by atoms with Gasteiger partial charge in [0.15, 0.2) is 5.13 Å². The molecule has 0 aliphatic heterocycles. The van der Waals surface area contributed by atoms with E-state index in [1.165, 1.54) is 29.2 Å². The van der Waals surface area contributed by atoms with E-state index in [4.69, 9.17) is 14.7 Å². The summed E-state index contributed by atoms with van der Waals surface area (Å²) in [6.45, 7) is 3.64. The van der Waals surface area contributed by atoms with Crippen molar-refractivity contribution in [3.05, 3.63) is 71.2 Å². The number of anilines is 2. The molecule has 1 amide bonds. The zero-order valence-corrected chi connectivity index (χ0v) is 18.6. The van der Waals surface area contributed by atoms with Gasteiger partial charge < -0.3 is 4.74 Å². The Morgan fingerprint density at radius 3 is 2.70 bits per heavy atom. The van der Waals surface area contributed by atoms with E-state index in [9.17, 15) is 4.79 Å². The number of amides is 1. The maximum Gasteiger partial charge on any atom is 0.230 e. The lowest BCUT2D eigenvalue weighted by atomic mass is 10.1. The van der Waals surface area contributed by atoms with Gasteiger partial charge in [0.2, 0.25) is 5.91 Å². The van der Waals surface area contributed by atoms with Crippen LogP contribution in [-0.2, 0) is 10.5 Å². The molecular formula is C23H21N3O2S2. The second-order valence-electron chi connectivity index (χ2n) is 6.73. The molecule has 0 atom stereocenters. The fraction of sp³-hybridized carbons (Fsp3) is 0.174. The molecule has 30 heavy (non-hydrogen) atoms. The van der Waals surface area contributed by atoms with E-state index >= 15 is 0 Å². The van der Waals surface area contributed by atoms with Gasteiger partial charge in [-0.1, -0.05) is 42.1 Å². The highest BCUT2D eigenvalue weighted by molar-refractivity contribution is 7.98. The van der Waals surface area contributed by atoms with Crippen molar-refractivity contribution in [2.75, 3.05) is 12.0 Å². The summed E-state index contributed by atoms with van der Waals surface area (Å²) in [4.78, 5) is 23.4. The lowest BCUT2D eigenvalue weighted by molar-refractivity contribution is -0.115. The number of ether oxygens (including phenoxy) is 1. The van der Waals surface area contributed by atoms with Crippen molar-refractivity contribution in [1.82, 2.24) is 9.97 Å². The number of para-hydroxylation sites is 3. The zero-order chi connectivity index (χ0) is 21.1. The largest absolute Gasteiger partial charge is 0.495 e. The summed E-state index contributed by atoms with van der Waals surface area (Å²) >= 11 is 3.09. The first-order valence-electron chi connectivity index (χ1n) is 9.44. The van der Waals surface area contributed by atoms with Crippen molar-refractivity contribution in [3.8, 4) is 5.75 Å². The van der Waals surface area contributed by atoms with Crippen LogP contribution in [0, 0.1) is 6.92 Å². The number of rotatable bonds is 6. The van der Waals surface area contributed by atoms with Crippen LogP contribution < -0.4 is 9.64 Å². The molecule has 152 valence electrons. The standard InChI is InChI=1S/C23H21N3O2S2/c1-15-12-22(25-19-9-5-4-8-18(15)19)29-13-17-14-30-23(24-17)26(16(2)27)20-10-6-7-11-21(20)28-3/h4-12,14H,13H2,1-3H3. The number of aromatic nitrogens is 2. The molecule has 7 heteroatoms. The third-order valence-corrected chi connectivity index (χ3v) is 6.46. The van der Waals surface area contributed by atoms with Crippen LogP contribution in [0.25, 0.3) is 10.9 Å². The minimum absolute atomic E-state index is 0.111. The van der Waals surface area contributed by atoms with Gasteiger partial charge in [0.05, 0.1) is 29.0 Å². The number of methoxy groups -OCH3 is 1. The second kappa shape index (κ2) is 8.85. The van der Waals surface area contributed by atoms with Gasteiger partial charge in [-0.15, -0.1) is 11.3 Å². The van der Waals surface area contributed by atoms with E-state index in [1.54, 1.807) is 23.8 Å². The molecule has 0 aliphatic rings. The number of carbonyl (C=O) groups is 1. The number of pyridine rings is 1. The van der Waals surface area contributed by atoms with Crippen LogP contribution in [0.3, 0.4) is 0 Å². The molecule has 0 spiro atoms. The first-order valence-corrected chi connectivity index (χ1v) is 11.3. The van der Waals surface area contributed by atoms with Gasteiger partial charge in [-0.05, 0) is 36.8 Å². The van der Waals surface area contributed by atoms with Crippen molar-refractivity contribution in [2.24, 2.45) is 0 Å². The highest BCUT2D eigenvalue weighted by Crippen LogP contribution is 2.36. The minimum atomic E-state index is -0.111. The van der Waals surface area contributed by atoms with Crippen LogP contribution in [0.15, 0.2) is 65.0 Å². The fourth-order valence-electron chi connectivity index (χ4n) is 3.23. The molecule has 4 rings (SSSR count). The Morgan fingerprint density at radius 1 is 1.13 bits per heavy atom. The number of carbonyl (C=O) groups excluding carboxylic acids is 1. The number of aryl methyl sites for hydroxylation is 1. The van der Waals surface area contributed by atoms with E-state index < -0.39 is 0 Å². The highest BCUT2D eigenvalue weighted by atomic mass is 32.2. The van der Waals surface area contributed by atoms with Gasteiger partial charge in [-0.25, -0.2) is 9.97 Å². The molecule has 0 radical (unpaired) electrons. The van der Waals surface area contributed by atoms with Gasteiger partial charge in [0.25, 0.3) is 0 Å². The molecule has 0 saturated heterocycles. The normalized spacial score (nSPS) is 10.9. The SMILES string of the molecule is COc1ccccc1N(C(C)=O)c1nc(CSc2cc(C)c3ccccc3n2)cs1. The van der Waals surface area contributed by atoms with Gasteiger partial charge in [-0.2, -0.15) is 0 Å². The smallest absolute Gasteiger partial charge is 0.230 e. The number of thiazole rings is 1. The Bertz CT molecular complexity index is 1210. The molecule has 0 bridgehead atoms. The van der Waals surface area contributed by atoms with E-state index in [1.807, 2.05) is 47.8 Å². The van der Waals surface area contributed by atoms with Crippen LogP contribution in [-0.4, -0.2) is 23.0 Å². The highest BCUT2D eigenvalue weighted by Gasteiger charge is 2.21. The van der Waals surface area contributed by atoms with Crippen LogP contribution >= 0.6 is 23.1 Å². The monoisotopic (exact) mass is 435 g/mol.